The molecule has 2 rings (SSSR count). The average molecular weight is 283 g/mol. The van der Waals surface area contributed by atoms with E-state index in [0.717, 1.165) is 16.3 Å². The summed E-state index contributed by atoms with van der Waals surface area (Å²) in [5, 5.41) is 13.9. The van der Waals surface area contributed by atoms with Gasteiger partial charge in [0.2, 0.25) is 5.91 Å². The number of carbonyl (C=O) groups excluding carboxylic acids is 1. The summed E-state index contributed by atoms with van der Waals surface area (Å²) in [5.74, 6) is -1.50. The van der Waals surface area contributed by atoms with Crippen LogP contribution in [0.5, 0.6) is 0 Å². The van der Waals surface area contributed by atoms with Crippen molar-refractivity contribution < 1.29 is 14.7 Å². The molecule has 0 aliphatic carbocycles. The highest BCUT2D eigenvalue weighted by Gasteiger charge is 2.20. The van der Waals surface area contributed by atoms with Gasteiger partial charge in [0.05, 0.1) is 0 Å². The molecule has 4 heteroatoms. The number of aliphatic carboxylic acids is 1. The molecule has 2 aromatic carbocycles. The Hall–Kier alpha value is -2.62. The van der Waals surface area contributed by atoms with E-state index < -0.39 is 17.9 Å². The van der Waals surface area contributed by atoms with E-state index in [2.05, 4.69) is 11.9 Å². The van der Waals surface area contributed by atoms with Crippen LogP contribution in [0.15, 0.2) is 54.6 Å². The van der Waals surface area contributed by atoms with Gasteiger partial charge in [0, 0.05) is 12.0 Å². The number of rotatable bonds is 5. The molecule has 1 amide bonds. The SMILES string of the molecule is C=C(C)C(=O)NC(Cc1ccc2ccccc2c1)C(=O)O. The average Bonchev–Trinajstić information content (AvgIpc) is 2.46. The largest absolute Gasteiger partial charge is 0.480 e. The Morgan fingerprint density at radius 3 is 2.48 bits per heavy atom. The van der Waals surface area contributed by atoms with Gasteiger partial charge in [0.15, 0.2) is 0 Å². The van der Waals surface area contributed by atoms with Crippen molar-refractivity contribution in [1.82, 2.24) is 5.32 Å². The molecular formula is C17H17NO3. The van der Waals surface area contributed by atoms with E-state index in [1.165, 1.54) is 0 Å². The van der Waals surface area contributed by atoms with Crippen molar-refractivity contribution in [2.45, 2.75) is 19.4 Å². The number of amides is 1. The van der Waals surface area contributed by atoms with E-state index in [9.17, 15) is 14.7 Å². The fourth-order valence-electron chi connectivity index (χ4n) is 2.08. The molecule has 0 aliphatic heterocycles. The molecule has 0 saturated heterocycles. The first-order chi connectivity index (χ1) is 9.97. The van der Waals surface area contributed by atoms with Gasteiger partial charge < -0.3 is 10.4 Å². The molecule has 0 aliphatic rings. The molecule has 0 spiro atoms. The van der Waals surface area contributed by atoms with Gasteiger partial charge in [0.25, 0.3) is 0 Å². The van der Waals surface area contributed by atoms with Crippen LogP contribution in [0.1, 0.15) is 12.5 Å². The highest BCUT2D eigenvalue weighted by atomic mass is 16.4. The number of carboxylic acids is 1. The van der Waals surface area contributed by atoms with Crippen LogP contribution in [0.4, 0.5) is 0 Å². The first-order valence-corrected chi connectivity index (χ1v) is 6.64. The lowest BCUT2D eigenvalue weighted by Gasteiger charge is -2.15. The van der Waals surface area contributed by atoms with E-state index in [1.807, 2.05) is 42.5 Å². The minimum Gasteiger partial charge on any atom is -0.480 e. The minimum atomic E-state index is -1.06. The van der Waals surface area contributed by atoms with Crippen LogP contribution in [0.3, 0.4) is 0 Å². The van der Waals surface area contributed by atoms with Crippen molar-refractivity contribution in [3.05, 3.63) is 60.2 Å². The zero-order valence-electron chi connectivity index (χ0n) is 11.8. The Kier molecular flexibility index (Phi) is 4.38. The monoisotopic (exact) mass is 283 g/mol. The second kappa shape index (κ2) is 6.22. The van der Waals surface area contributed by atoms with Crippen molar-refractivity contribution in [3.63, 3.8) is 0 Å². The molecule has 0 bridgehead atoms. The van der Waals surface area contributed by atoms with Gasteiger partial charge in [0.1, 0.15) is 6.04 Å². The van der Waals surface area contributed by atoms with Gasteiger partial charge in [-0.15, -0.1) is 0 Å². The van der Waals surface area contributed by atoms with Crippen LogP contribution in [0.25, 0.3) is 10.8 Å². The second-order valence-electron chi connectivity index (χ2n) is 5.03. The van der Waals surface area contributed by atoms with Crippen LogP contribution < -0.4 is 5.32 Å². The molecule has 0 heterocycles. The molecule has 0 radical (unpaired) electrons. The van der Waals surface area contributed by atoms with E-state index >= 15 is 0 Å². The van der Waals surface area contributed by atoms with Crippen LogP contribution in [-0.4, -0.2) is 23.0 Å². The summed E-state index contributed by atoms with van der Waals surface area (Å²) >= 11 is 0. The smallest absolute Gasteiger partial charge is 0.326 e. The predicted octanol–water partition coefficient (Wildman–Crippen LogP) is 2.53. The fraction of sp³-hybridized carbons (Fsp3) is 0.176. The van der Waals surface area contributed by atoms with Gasteiger partial charge in [-0.3, -0.25) is 4.79 Å². The van der Waals surface area contributed by atoms with Crippen molar-refractivity contribution >= 4 is 22.6 Å². The maximum Gasteiger partial charge on any atom is 0.326 e. The van der Waals surface area contributed by atoms with Crippen LogP contribution in [-0.2, 0) is 16.0 Å². The number of nitrogens with one attached hydrogen (secondary N) is 1. The molecular weight excluding hydrogens is 266 g/mol. The lowest BCUT2D eigenvalue weighted by Crippen LogP contribution is -2.42. The Bertz CT molecular complexity index is 706. The van der Waals surface area contributed by atoms with Gasteiger partial charge in [-0.25, -0.2) is 4.79 Å². The molecule has 0 aromatic heterocycles. The highest BCUT2D eigenvalue weighted by Crippen LogP contribution is 2.16. The van der Waals surface area contributed by atoms with Gasteiger partial charge in [-0.2, -0.15) is 0 Å². The van der Waals surface area contributed by atoms with Crippen LogP contribution in [0, 0.1) is 0 Å². The van der Waals surface area contributed by atoms with Crippen molar-refractivity contribution in [3.8, 4) is 0 Å². The number of carboxylic acid groups (broad SMARTS) is 1. The quantitative estimate of drug-likeness (QED) is 0.829. The van der Waals surface area contributed by atoms with Crippen molar-refractivity contribution in [1.29, 1.82) is 0 Å². The third-order valence-corrected chi connectivity index (χ3v) is 3.24. The van der Waals surface area contributed by atoms with E-state index in [4.69, 9.17) is 0 Å². The predicted molar refractivity (Wildman–Crippen MR) is 82.0 cm³/mol. The van der Waals surface area contributed by atoms with Gasteiger partial charge >= 0.3 is 5.97 Å². The summed E-state index contributed by atoms with van der Waals surface area (Å²) in [4.78, 5) is 22.9. The highest BCUT2D eigenvalue weighted by molar-refractivity contribution is 5.95. The number of carbonyl (C=O) groups is 2. The number of benzene rings is 2. The molecule has 0 fully saturated rings. The number of hydrogen-bond acceptors (Lipinski definition) is 2. The first kappa shape index (κ1) is 14.8. The van der Waals surface area contributed by atoms with E-state index in [-0.39, 0.29) is 6.42 Å². The zero-order chi connectivity index (χ0) is 15.4. The summed E-state index contributed by atoms with van der Waals surface area (Å²) < 4.78 is 0. The topological polar surface area (TPSA) is 66.4 Å². The minimum absolute atomic E-state index is 0.235. The van der Waals surface area contributed by atoms with E-state index in [0.29, 0.717) is 5.57 Å². The fourth-order valence-corrected chi connectivity index (χ4v) is 2.08. The normalized spacial score (nSPS) is 11.9. The molecule has 1 unspecified atom stereocenters. The molecule has 2 N–H and O–H groups in total. The maximum atomic E-state index is 11.6. The maximum absolute atomic E-state index is 11.6. The molecule has 108 valence electrons. The third-order valence-electron chi connectivity index (χ3n) is 3.24. The van der Waals surface area contributed by atoms with Crippen molar-refractivity contribution in [2.24, 2.45) is 0 Å². The Morgan fingerprint density at radius 2 is 1.86 bits per heavy atom. The molecule has 1 atom stereocenters. The molecule has 21 heavy (non-hydrogen) atoms. The Balaban J connectivity index is 2.20. The summed E-state index contributed by atoms with van der Waals surface area (Å²) in [6.07, 6.45) is 0.235. The van der Waals surface area contributed by atoms with Crippen LogP contribution in [0.2, 0.25) is 0 Å². The Labute approximate surface area is 123 Å². The van der Waals surface area contributed by atoms with Gasteiger partial charge in [-0.05, 0) is 23.3 Å². The summed E-state index contributed by atoms with van der Waals surface area (Å²) in [6.45, 7) is 5.06. The summed E-state index contributed by atoms with van der Waals surface area (Å²) in [6, 6.07) is 12.7. The molecule has 4 nitrogen and oxygen atoms in total. The summed E-state index contributed by atoms with van der Waals surface area (Å²) in [7, 11) is 0. The third kappa shape index (κ3) is 3.69. The molecule has 0 saturated carbocycles. The standard InChI is InChI=1S/C17H17NO3/c1-11(2)16(19)18-15(17(20)21)10-12-7-8-13-5-3-4-6-14(13)9-12/h3-9,15H,1,10H2,2H3,(H,18,19)(H,20,21). The van der Waals surface area contributed by atoms with Gasteiger partial charge in [-0.1, -0.05) is 49.0 Å². The zero-order valence-corrected chi connectivity index (χ0v) is 11.8. The lowest BCUT2D eigenvalue weighted by atomic mass is 10.0. The van der Waals surface area contributed by atoms with E-state index in [1.54, 1.807) is 6.92 Å². The van der Waals surface area contributed by atoms with Crippen LogP contribution >= 0.6 is 0 Å². The van der Waals surface area contributed by atoms with Crippen molar-refractivity contribution in [2.75, 3.05) is 0 Å². The Morgan fingerprint density at radius 1 is 1.19 bits per heavy atom. The lowest BCUT2D eigenvalue weighted by molar-refractivity contribution is -0.141. The summed E-state index contributed by atoms with van der Waals surface area (Å²) in [5.41, 5.74) is 1.16. The second-order valence-corrected chi connectivity index (χ2v) is 5.03. The first-order valence-electron chi connectivity index (χ1n) is 6.64. The molecule has 2 aromatic rings. The number of hydrogen-bond donors (Lipinski definition) is 2. The number of fused-ring (bicyclic) bond motifs is 1.